The monoisotopic (exact) mass is 387 g/mol. The quantitative estimate of drug-likeness (QED) is 0.655. The van der Waals surface area contributed by atoms with E-state index in [0.29, 0.717) is 11.4 Å². The number of nitrogens with zero attached hydrogens (tertiary/aromatic N) is 2. The minimum atomic E-state index is -0.210. The number of phenols is 1. The molecule has 0 unspecified atom stereocenters. The SMILES string of the molecule is CCCc1nc2ccc(Br)cn2c1C(=O)Nc1ccc(O)cc1C. The summed E-state index contributed by atoms with van der Waals surface area (Å²) in [6.07, 6.45) is 3.49. The second-order valence-electron chi connectivity index (χ2n) is 5.69. The summed E-state index contributed by atoms with van der Waals surface area (Å²) in [6.45, 7) is 3.90. The molecular weight excluding hydrogens is 370 g/mol. The summed E-state index contributed by atoms with van der Waals surface area (Å²) in [5.41, 5.74) is 3.54. The van der Waals surface area contributed by atoms with Crippen LogP contribution in [0, 0.1) is 6.92 Å². The van der Waals surface area contributed by atoms with Crippen LogP contribution in [0.25, 0.3) is 5.65 Å². The molecular formula is C18H18BrN3O2. The second-order valence-corrected chi connectivity index (χ2v) is 6.60. The summed E-state index contributed by atoms with van der Waals surface area (Å²) in [6, 6.07) is 8.66. The van der Waals surface area contributed by atoms with Crippen LogP contribution in [-0.4, -0.2) is 20.4 Å². The highest BCUT2D eigenvalue weighted by Gasteiger charge is 2.19. The van der Waals surface area contributed by atoms with E-state index < -0.39 is 0 Å². The lowest BCUT2D eigenvalue weighted by Crippen LogP contribution is -2.17. The van der Waals surface area contributed by atoms with Crippen molar-refractivity contribution in [3.63, 3.8) is 0 Å². The van der Waals surface area contributed by atoms with E-state index in [1.165, 1.54) is 0 Å². The lowest BCUT2D eigenvalue weighted by Gasteiger charge is -2.10. The van der Waals surface area contributed by atoms with Crippen molar-refractivity contribution in [2.45, 2.75) is 26.7 Å². The number of rotatable bonds is 4. The van der Waals surface area contributed by atoms with Gasteiger partial charge < -0.3 is 10.4 Å². The van der Waals surface area contributed by atoms with E-state index in [2.05, 4.69) is 33.2 Å². The third-order valence-electron chi connectivity index (χ3n) is 3.81. The molecule has 5 nitrogen and oxygen atoms in total. The number of halogens is 1. The number of nitrogens with one attached hydrogen (secondary N) is 1. The van der Waals surface area contributed by atoms with Gasteiger partial charge >= 0.3 is 0 Å². The fourth-order valence-electron chi connectivity index (χ4n) is 2.69. The zero-order valence-electron chi connectivity index (χ0n) is 13.5. The topological polar surface area (TPSA) is 66.6 Å². The summed E-state index contributed by atoms with van der Waals surface area (Å²) in [7, 11) is 0. The van der Waals surface area contributed by atoms with Crippen molar-refractivity contribution in [3.05, 3.63) is 58.0 Å². The average Bonchev–Trinajstić information content (AvgIpc) is 2.87. The summed E-state index contributed by atoms with van der Waals surface area (Å²) < 4.78 is 2.69. The van der Waals surface area contributed by atoms with Gasteiger partial charge in [-0.1, -0.05) is 13.3 Å². The van der Waals surface area contributed by atoms with Crippen molar-refractivity contribution in [2.75, 3.05) is 5.32 Å². The Bertz CT molecular complexity index is 918. The van der Waals surface area contributed by atoms with Crippen molar-refractivity contribution < 1.29 is 9.90 Å². The fraction of sp³-hybridized carbons (Fsp3) is 0.222. The Hall–Kier alpha value is -2.34. The molecule has 0 aliphatic rings. The van der Waals surface area contributed by atoms with Crippen LogP contribution in [0.15, 0.2) is 41.0 Å². The molecule has 0 aliphatic carbocycles. The van der Waals surface area contributed by atoms with E-state index in [1.54, 1.807) is 22.6 Å². The van der Waals surface area contributed by atoms with Crippen LogP contribution in [0.2, 0.25) is 0 Å². The molecule has 2 heterocycles. The van der Waals surface area contributed by atoms with Crippen molar-refractivity contribution in [1.82, 2.24) is 9.38 Å². The molecule has 0 saturated heterocycles. The minimum Gasteiger partial charge on any atom is -0.508 e. The van der Waals surface area contributed by atoms with Crippen molar-refractivity contribution in [1.29, 1.82) is 0 Å². The smallest absolute Gasteiger partial charge is 0.274 e. The van der Waals surface area contributed by atoms with E-state index >= 15 is 0 Å². The number of aryl methyl sites for hydroxylation is 2. The summed E-state index contributed by atoms with van der Waals surface area (Å²) >= 11 is 3.44. The normalized spacial score (nSPS) is 11.0. The highest BCUT2D eigenvalue weighted by Crippen LogP contribution is 2.23. The maximum absolute atomic E-state index is 12.9. The molecule has 24 heavy (non-hydrogen) atoms. The van der Waals surface area contributed by atoms with Gasteiger partial charge in [-0.2, -0.15) is 0 Å². The highest BCUT2D eigenvalue weighted by atomic mass is 79.9. The molecule has 1 amide bonds. The molecule has 0 atom stereocenters. The van der Waals surface area contributed by atoms with Gasteiger partial charge in [-0.15, -0.1) is 0 Å². The third-order valence-corrected chi connectivity index (χ3v) is 4.28. The maximum atomic E-state index is 12.9. The number of benzene rings is 1. The predicted octanol–water partition coefficient (Wildman–Crippen LogP) is 4.32. The van der Waals surface area contributed by atoms with E-state index in [0.717, 1.165) is 34.2 Å². The zero-order chi connectivity index (χ0) is 17.3. The molecule has 1 aromatic carbocycles. The molecule has 124 valence electrons. The first-order valence-electron chi connectivity index (χ1n) is 7.77. The molecule has 2 N–H and O–H groups in total. The van der Waals surface area contributed by atoms with E-state index in [-0.39, 0.29) is 11.7 Å². The number of anilines is 1. The van der Waals surface area contributed by atoms with Gasteiger partial charge in [0.05, 0.1) is 5.69 Å². The van der Waals surface area contributed by atoms with Crippen molar-refractivity contribution in [3.8, 4) is 5.75 Å². The molecule has 3 rings (SSSR count). The number of imidazole rings is 1. The van der Waals surface area contributed by atoms with E-state index in [1.807, 2.05) is 25.3 Å². The Morgan fingerprint density at radius 2 is 2.12 bits per heavy atom. The average molecular weight is 388 g/mol. The molecule has 0 aliphatic heterocycles. The van der Waals surface area contributed by atoms with Gasteiger partial charge in [-0.3, -0.25) is 9.20 Å². The number of fused-ring (bicyclic) bond motifs is 1. The Kier molecular flexibility index (Phi) is 4.57. The first kappa shape index (κ1) is 16.5. The van der Waals surface area contributed by atoms with Gasteiger partial charge in [0.1, 0.15) is 17.1 Å². The molecule has 0 radical (unpaired) electrons. The Balaban J connectivity index is 2.04. The predicted molar refractivity (Wildman–Crippen MR) is 97.7 cm³/mol. The standard InChI is InChI=1S/C18H18BrN3O2/c1-3-4-15-17(22-10-12(19)5-8-16(22)20-15)18(24)21-14-7-6-13(23)9-11(14)2/h5-10,23H,3-4H2,1-2H3,(H,21,24). The molecule has 2 aromatic heterocycles. The molecule has 0 saturated carbocycles. The largest absolute Gasteiger partial charge is 0.508 e. The number of carbonyl (C=O) groups is 1. The second kappa shape index (κ2) is 6.65. The highest BCUT2D eigenvalue weighted by molar-refractivity contribution is 9.10. The third kappa shape index (κ3) is 3.14. The number of aromatic nitrogens is 2. The van der Waals surface area contributed by atoms with Gasteiger partial charge in [0.2, 0.25) is 0 Å². The van der Waals surface area contributed by atoms with Crippen LogP contribution in [0.1, 0.15) is 35.1 Å². The lowest BCUT2D eigenvalue weighted by molar-refractivity contribution is 0.102. The lowest BCUT2D eigenvalue weighted by atomic mass is 10.1. The molecule has 0 fully saturated rings. The van der Waals surface area contributed by atoms with Crippen molar-refractivity contribution in [2.24, 2.45) is 0 Å². The first-order valence-corrected chi connectivity index (χ1v) is 8.56. The number of amides is 1. The zero-order valence-corrected chi connectivity index (χ0v) is 15.1. The number of carbonyl (C=O) groups excluding carboxylic acids is 1. The molecule has 0 bridgehead atoms. The van der Waals surface area contributed by atoms with Crippen LogP contribution in [0.4, 0.5) is 5.69 Å². The number of hydrogen-bond acceptors (Lipinski definition) is 3. The number of pyridine rings is 1. The van der Waals surface area contributed by atoms with Crippen LogP contribution in [0.5, 0.6) is 5.75 Å². The van der Waals surface area contributed by atoms with E-state index in [4.69, 9.17) is 0 Å². The minimum absolute atomic E-state index is 0.177. The summed E-state index contributed by atoms with van der Waals surface area (Å²) in [5.74, 6) is -0.0336. The van der Waals surface area contributed by atoms with Crippen LogP contribution in [0.3, 0.4) is 0 Å². The Morgan fingerprint density at radius 1 is 1.33 bits per heavy atom. The van der Waals surface area contributed by atoms with Gasteiger partial charge in [0, 0.05) is 16.4 Å². The fourth-order valence-corrected chi connectivity index (χ4v) is 3.03. The van der Waals surface area contributed by atoms with Gasteiger partial charge in [-0.05, 0) is 65.2 Å². The van der Waals surface area contributed by atoms with Crippen molar-refractivity contribution >= 4 is 33.2 Å². The number of hydrogen-bond donors (Lipinski definition) is 2. The van der Waals surface area contributed by atoms with Crippen LogP contribution in [-0.2, 0) is 6.42 Å². The van der Waals surface area contributed by atoms with Crippen LogP contribution >= 0.6 is 15.9 Å². The van der Waals surface area contributed by atoms with E-state index in [9.17, 15) is 9.90 Å². The van der Waals surface area contributed by atoms with Crippen LogP contribution < -0.4 is 5.32 Å². The number of phenolic OH excluding ortho intramolecular Hbond substituents is 1. The van der Waals surface area contributed by atoms with Gasteiger partial charge in [-0.25, -0.2) is 4.98 Å². The molecule has 3 aromatic rings. The first-order chi connectivity index (χ1) is 11.5. The van der Waals surface area contributed by atoms with Gasteiger partial charge in [0.15, 0.2) is 0 Å². The number of aromatic hydroxyl groups is 1. The Labute approximate surface area is 148 Å². The molecule has 6 heteroatoms. The molecule has 0 spiro atoms. The summed E-state index contributed by atoms with van der Waals surface area (Å²) in [5, 5.41) is 12.4. The Morgan fingerprint density at radius 3 is 2.83 bits per heavy atom. The maximum Gasteiger partial charge on any atom is 0.274 e. The summed E-state index contributed by atoms with van der Waals surface area (Å²) in [4.78, 5) is 17.5. The van der Waals surface area contributed by atoms with Gasteiger partial charge in [0.25, 0.3) is 5.91 Å².